The van der Waals surface area contributed by atoms with Gasteiger partial charge >= 0.3 is 0 Å². The molecule has 1 saturated heterocycles. The van der Waals surface area contributed by atoms with Crippen LogP contribution < -0.4 is 5.73 Å². The molecule has 4 nitrogen and oxygen atoms in total. The first kappa shape index (κ1) is 12.8. The van der Waals surface area contributed by atoms with Gasteiger partial charge in [-0.05, 0) is 38.6 Å². The Bertz CT molecular complexity index is 270. The zero-order valence-electron chi connectivity index (χ0n) is 10.7. The van der Waals surface area contributed by atoms with Crippen molar-refractivity contribution < 1.29 is 9.53 Å². The van der Waals surface area contributed by atoms with Crippen molar-refractivity contribution in [2.75, 3.05) is 19.7 Å². The Morgan fingerprint density at radius 3 is 3.12 bits per heavy atom. The van der Waals surface area contributed by atoms with Crippen LogP contribution in [0.5, 0.6) is 0 Å². The fraction of sp³-hybridized carbons (Fsp3) is 0.923. The molecule has 0 aromatic rings. The summed E-state index contributed by atoms with van der Waals surface area (Å²) in [6, 6.07) is 0.344. The van der Waals surface area contributed by atoms with E-state index in [1.165, 1.54) is 6.42 Å². The Hall–Kier alpha value is -0.610. The number of hydrogen-bond donors (Lipinski definition) is 1. The minimum absolute atomic E-state index is 0.109. The Labute approximate surface area is 103 Å². The lowest BCUT2D eigenvalue weighted by Gasteiger charge is -2.39. The van der Waals surface area contributed by atoms with E-state index in [1.807, 2.05) is 6.92 Å². The highest BCUT2D eigenvalue weighted by Gasteiger charge is 2.39. The van der Waals surface area contributed by atoms with Gasteiger partial charge in [-0.1, -0.05) is 6.92 Å². The van der Waals surface area contributed by atoms with Gasteiger partial charge in [0, 0.05) is 12.5 Å². The topological polar surface area (TPSA) is 55.6 Å². The number of hydrogen-bond acceptors (Lipinski definition) is 3. The maximum atomic E-state index is 12.4. The van der Waals surface area contributed by atoms with Crippen LogP contribution >= 0.6 is 0 Å². The van der Waals surface area contributed by atoms with Crippen LogP contribution in [0.3, 0.4) is 0 Å². The van der Waals surface area contributed by atoms with Gasteiger partial charge in [0.1, 0.15) is 0 Å². The van der Waals surface area contributed by atoms with Crippen molar-refractivity contribution in [1.82, 2.24) is 4.90 Å². The smallest absolute Gasteiger partial charge is 0.225 e. The number of rotatable bonds is 4. The number of fused-ring (bicyclic) bond motifs is 1. The molecular weight excluding hydrogens is 216 g/mol. The van der Waals surface area contributed by atoms with Crippen LogP contribution in [0.2, 0.25) is 0 Å². The molecule has 1 aliphatic heterocycles. The second-order valence-electron chi connectivity index (χ2n) is 5.27. The average molecular weight is 240 g/mol. The lowest BCUT2D eigenvalue weighted by atomic mass is 10.0. The number of carbonyl (C=O) groups is 1. The van der Waals surface area contributed by atoms with Gasteiger partial charge in [-0.25, -0.2) is 0 Å². The number of morpholine rings is 1. The van der Waals surface area contributed by atoms with Crippen molar-refractivity contribution >= 4 is 5.91 Å². The van der Waals surface area contributed by atoms with E-state index in [0.717, 1.165) is 32.2 Å². The van der Waals surface area contributed by atoms with Gasteiger partial charge in [-0.2, -0.15) is 0 Å². The third-order valence-electron chi connectivity index (χ3n) is 4.03. The Kier molecular flexibility index (Phi) is 4.40. The highest BCUT2D eigenvalue weighted by molar-refractivity contribution is 5.79. The second-order valence-corrected chi connectivity index (χ2v) is 5.27. The van der Waals surface area contributed by atoms with E-state index in [2.05, 4.69) is 4.90 Å². The van der Waals surface area contributed by atoms with Crippen LogP contribution in [0, 0.1) is 5.92 Å². The minimum atomic E-state index is 0.109. The fourth-order valence-electron chi connectivity index (χ4n) is 3.03. The molecule has 0 radical (unpaired) electrons. The first-order valence-corrected chi connectivity index (χ1v) is 6.86. The quantitative estimate of drug-likeness (QED) is 0.801. The summed E-state index contributed by atoms with van der Waals surface area (Å²) in [5, 5.41) is 0. The van der Waals surface area contributed by atoms with Gasteiger partial charge in [0.25, 0.3) is 0 Å². The van der Waals surface area contributed by atoms with E-state index in [4.69, 9.17) is 10.5 Å². The van der Waals surface area contributed by atoms with Gasteiger partial charge in [-0.3, -0.25) is 4.79 Å². The van der Waals surface area contributed by atoms with E-state index in [0.29, 0.717) is 31.2 Å². The maximum Gasteiger partial charge on any atom is 0.225 e. The summed E-state index contributed by atoms with van der Waals surface area (Å²) in [5.41, 5.74) is 5.50. The molecule has 1 aliphatic carbocycles. The van der Waals surface area contributed by atoms with Crippen molar-refractivity contribution in [2.24, 2.45) is 11.7 Å². The normalized spacial score (nSPS) is 30.1. The number of carbonyl (C=O) groups excluding carboxylic acids is 1. The van der Waals surface area contributed by atoms with E-state index in [1.54, 1.807) is 0 Å². The van der Waals surface area contributed by atoms with Gasteiger partial charge in [0.2, 0.25) is 5.91 Å². The monoisotopic (exact) mass is 240 g/mol. The van der Waals surface area contributed by atoms with Gasteiger partial charge in [-0.15, -0.1) is 0 Å². The van der Waals surface area contributed by atoms with Gasteiger partial charge < -0.3 is 15.4 Å². The molecule has 17 heavy (non-hydrogen) atoms. The molecule has 1 heterocycles. The summed E-state index contributed by atoms with van der Waals surface area (Å²) in [6.07, 6.45) is 5.56. The molecule has 2 aliphatic rings. The third-order valence-corrected chi connectivity index (χ3v) is 4.03. The lowest BCUT2D eigenvalue weighted by Crippen LogP contribution is -2.52. The van der Waals surface area contributed by atoms with Crippen molar-refractivity contribution in [2.45, 2.75) is 51.2 Å². The van der Waals surface area contributed by atoms with E-state index >= 15 is 0 Å². The zero-order chi connectivity index (χ0) is 12.3. The molecule has 0 bridgehead atoms. The summed E-state index contributed by atoms with van der Waals surface area (Å²) in [7, 11) is 0. The van der Waals surface area contributed by atoms with Crippen molar-refractivity contribution in [3.05, 3.63) is 0 Å². The molecule has 0 aromatic heterocycles. The van der Waals surface area contributed by atoms with Crippen LogP contribution in [-0.4, -0.2) is 42.6 Å². The first-order valence-electron chi connectivity index (χ1n) is 6.86. The molecule has 1 saturated carbocycles. The van der Waals surface area contributed by atoms with Gasteiger partial charge in [0.15, 0.2) is 0 Å². The number of amides is 1. The van der Waals surface area contributed by atoms with Crippen LogP contribution in [0.25, 0.3) is 0 Å². The maximum absolute atomic E-state index is 12.4. The Morgan fingerprint density at radius 1 is 1.53 bits per heavy atom. The van der Waals surface area contributed by atoms with Crippen molar-refractivity contribution in [3.8, 4) is 0 Å². The zero-order valence-corrected chi connectivity index (χ0v) is 10.7. The molecule has 2 fully saturated rings. The molecule has 0 aromatic carbocycles. The molecule has 3 unspecified atom stereocenters. The number of nitrogens with zero attached hydrogens (tertiary/aromatic N) is 1. The molecule has 2 N–H and O–H groups in total. The van der Waals surface area contributed by atoms with Crippen molar-refractivity contribution in [1.29, 1.82) is 0 Å². The number of nitrogens with two attached hydrogens (primary N) is 1. The molecule has 0 spiro atoms. The SMILES string of the molecule is CC(CCCN)C(=O)N1CCOC2CCCC21. The molecule has 2 rings (SSSR count). The first-order chi connectivity index (χ1) is 8.24. The Balaban J connectivity index is 1.93. The molecular formula is C13H24N2O2. The molecule has 3 atom stereocenters. The molecule has 1 amide bonds. The van der Waals surface area contributed by atoms with Crippen LogP contribution in [0.15, 0.2) is 0 Å². The summed E-state index contributed by atoms with van der Waals surface area (Å²) < 4.78 is 5.73. The summed E-state index contributed by atoms with van der Waals surface area (Å²) in [4.78, 5) is 14.4. The fourth-order valence-corrected chi connectivity index (χ4v) is 3.03. The number of ether oxygens (including phenoxy) is 1. The van der Waals surface area contributed by atoms with E-state index < -0.39 is 0 Å². The molecule has 4 heteroatoms. The Morgan fingerprint density at radius 2 is 2.35 bits per heavy atom. The lowest BCUT2D eigenvalue weighted by molar-refractivity contribution is -0.148. The van der Waals surface area contributed by atoms with Crippen LogP contribution in [0.4, 0.5) is 0 Å². The third kappa shape index (κ3) is 2.80. The summed E-state index contributed by atoms with van der Waals surface area (Å²) in [6.45, 7) is 4.17. The predicted molar refractivity (Wildman–Crippen MR) is 66.5 cm³/mol. The van der Waals surface area contributed by atoms with Gasteiger partial charge in [0.05, 0.1) is 18.8 Å². The minimum Gasteiger partial charge on any atom is -0.374 e. The highest BCUT2D eigenvalue weighted by atomic mass is 16.5. The predicted octanol–water partition coefficient (Wildman–Crippen LogP) is 1.14. The van der Waals surface area contributed by atoms with E-state index in [-0.39, 0.29) is 5.92 Å². The van der Waals surface area contributed by atoms with Crippen LogP contribution in [0.1, 0.15) is 39.0 Å². The average Bonchev–Trinajstić information content (AvgIpc) is 2.82. The summed E-state index contributed by atoms with van der Waals surface area (Å²) >= 11 is 0. The van der Waals surface area contributed by atoms with Crippen LogP contribution in [-0.2, 0) is 9.53 Å². The van der Waals surface area contributed by atoms with Crippen molar-refractivity contribution in [3.63, 3.8) is 0 Å². The highest BCUT2D eigenvalue weighted by Crippen LogP contribution is 2.30. The van der Waals surface area contributed by atoms with E-state index in [9.17, 15) is 4.79 Å². The largest absolute Gasteiger partial charge is 0.374 e. The standard InChI is InChI=1S/C13H24N2O2/c1-10(4-3-7-14)13(16)15-8-9-17-12-6-2-5-11(12)15/h10-12H,2-9,14H2,1H3. The second kappa shape index (κ2) is 5.83. The molecule has 98 valence electrons. The summed E-state index contributed by atoms with van der Waals surface area (Å²) in [5.74, 6) is 0.413.